The fraction of sp³-hybridized carbons (Fsp3) is 0.385. The van der Waals surface area contributed by atoms with Gasteiger partial charge >= 0.3 is 0 Å². The highest BCUT2D eigenvalue weighted by molar-refractivity contribution is 7.10. The summed E-state index contributed by atoms with van der Waals surface area (Å²) in [5.74, 6) is 1.19. The van der Waals surface area contributed by atoms with Crippen LogP contribution in [0.5, 0.6) is 5.88 Å². The Morgan fingerprint density at radius 1 is 1.28 bits per heavy atom. The van der Waals surface area contributed by atoms with Crippen LogP contribution in [0, 0.1) is 0 Å². The summed E-state index contributed by atoms with van der Waals surface area (Å²) in [6.45, 7) is 6.04. The second-order valence-electron chi connectivity index (χ2n) is 4.27. The zero-order valence-electron chi connectivity index (χ0n) is 10.8. The molecule has 0 fully saturated rings. The molecule has 0 spiro atoms. The number of hydrogen-bond donors (Lipinski definition) is 1. The van der Waals surface area contributed by atoms with Crippen molar-refractivity contribution in [3.8, 4) is 5.88 Å². The van der Waals surface area contributed by atoms with Crippen molar-refractivity contribution in [2.75, 3.05) is 5.32 Å². The predicted octanol–water partition coefficient (Wildman–Crippen LogP) is 3.50. The SMILES string of the molecule is CC(C)Oc1ccnc(NC(C)c2cccs2)n1. The lowest BCUT2D eigenvalue weighted by Crippen LogP contribution is -2.11. The summed E-state index contributed by atoms with van der Waals surface area (Å²) in [5.41, 5.74) is 0. The van der Waals surface area contributed by atoms with E-state index in [1.807, 2.05) is 19.9 Å². The van der Waals surface area contributed by atoms with Gasteiger partial charge in [0, 0.05) is 17.1 Å². The summed E-state index contributed by atoms with van der Waals surface area (Å²) in [4.78, 5) is 9.78. The number of ether oxygens (including phenoxy) is 1. The van der Waals surface area contributed by atoms with Crippen LogP contribution < -0.4 is 10.1 Å². The Balaban J connectivity index is 2.05. The molecule has 0 aliphatic heterocycles. The van der Waals surface area contributed by atoms with Crippen LogP contribution in [0.2, 0.25) is 0 Å². The fourth-order valence-electron chi connectivity index (χ4n) is 1.52. The molecule has 2 aromatic rings. The maximum Gasteiger partial charge on any atom is 0.226 e. The average Bonchev–Trinajstić information content (AvgIpc) is 2.81. The zero-order chi connectivity index (χ0) is 13.0. The number of rotatable bonds is 5. The van der Waals surface area contributed by atoms with E-state index in [2.05, 4.69) is 33.7 Å². The van der Waals surface area contributed by atoms with Gasteiger partial charge in [-0.05, 0) is 32.2 Å². The summed E-state index contributed by atoms with van der Waals surface area (Å²) in [7, 11) is 0. The molecule has 0 aromatic carbocycles. The molecule has 18 heavy (non-hydrogen) atoms. The van der Waals surface area contributed by atoms with Crippen LogP contribution in [0.4, 0.5) is 5.95 Å². The third-order valence-corrected chi connectivity index (χ3v) is 3.36. The molecular formula is C13H17N3OS. The summed E-state index contributed by atoms with van der Waals surface area (Å²) in [5, 5.41) is 5.33. The maximum atomic E-state index is 5.54. The Morgan fingerprint density at radius 2 is 2.11 bits per heavy atom. The normalized spacial score (nSPS) is 12.4. The van der Waals surface area contributed by atoms with Crippen molar-refractivity contribution in [3.05, 3.63) is 34.7 Å². The number of nitrogens with zero attached hydrogens (tertiary/aromatic N) is 2. The largest absolute Gasteiger partial charge is 0.475 e. The molecule has 1 N–H and O–H groups in total. The predicted molar refractivity (Wildman–Crippen MR) is 74.2 cm³/mol. The second-order valence-corrected chi connectivity index (χ2v) is 5.25. The number of thiophene rings is 1. The molecule has 96 valence electrons. The molecular weight excluding hydrogens is 246 g/mol. The topological polar surface area (TPSA) is 47.0 Å². The Labute approximate surface area is 111 Å². The molecule has 0 radical (unpaired) electrons. The van der Waals surface area contributed by atoms with Crippen molar-refractivity contribution >= 4 is 17.3 Å². The molecule has 0 aliphatic carbocycles. The Kier molecular flexibility index (Phi) is 4.15. The van der Waals surface area contributed by atoms with Gasteiger partial charge in [0.25, 0.3) is 0 Å². The average molecular weight is 263 g/mol. The van der Waals surface area contributed by atoms with Crippen molar-refractivity contribution in [3.63, 3.8) is 0 Å². The minimum Gasteiger partial charge on any atom is -0.475 e. The zero-order valence-corrected chi connectivity index (χ0v) is 11.6. The summed E-state index contributed by atoms with van der Waals surface area (Å²) in [6, 6.07) is 6.09. The summed E-state index contributed by atoms with van der Waals surface area (Å²) < 4.78 is 5.54. The van der Waals surface area contributed by atoms with Gasteiger partial charge in [-0.3, -0.25) is 0 Å². The van der Waals surface area contributed by atoms with E-state index >= 15 is 0 Å². The molecule has 0 bridgehead atoms. The van der Waals surface area contributed by atoms with Gasteiger partial charge in [0.2, 0.25) is 11.8 Å². The van der Waals surface area contributed by atoms with Crippen LogP contribution >= 0.6 is 11.3 Å². The third kappa shape index (κ3) is 3.43. The number of hydrogen-bond acceptors (Lipinski definition) is 5. The molecule has 1 unspecified atom stereocenters. The van der Waals surface area contributed by atoms with Crippen LogP contribution in [0.15, 0.2) is 29.8 Å². The molecule has 2 rings (SSSR count). The Morgan fingerprint density at radius 3 is 2.78 bits per heavy atom. The first-order valence-electron chi connectivity index (χ1n) is 5.95. The number of aromatic nitrogens is 2. The molecule has 5 heteroatoms. The molecule has 0 saturated carbocycles. The first-order valence-corrected chi connectivity index (χ1v) is 6.83. The minimum atomic E-state index is 0.113. The van der Waals surface area contributed by atoms with E-state index in [-0.39, 0.29) is 12.1 Å². The van der Waals surface area contributed by atoms with Gasteiger partial charge in [0.15, 0.2) is 0 Å². The van der Waals surface area contributed by atoms with Gasteiger partial charge in [0.05, 0.1) is 12.1 Å². The molecule has 0 amide bonds. The van der Waals surface area contributed by atoms with Crippen LogP contribution in [0.1, 0.15) is 31.7 Å². The van der Waals surface area contributed by atoms with Crippen LogP contribution in [0.3, 0.4) is 0 Å². The lowest BCUT2D eigenvalue weighted by atomic mass is 10.3. The van der Waals surface area contributed by atoms with Crippen LogP contribution in [0.25, 0.3) is 0 Å². The van der Waals surface area contributed by atoms with Gasteiger partial charge in [0.1, 0.15) is 0 Å². The van der Waals surface area contributed by atoms with Crippen molar-refractivity contribution in [2.24, 2.45) is 0 Å². The quantitative estimate of drug-likeness (QED) is 0.897. The van der Waals surface area contributed by atoms with E-state index in [4.69, 9.17) is 4.74 Å². The standard InChI is InChI=1S/C13H17N3OS/c1-9(2)17-12-6-7-14-13(16-12)15-10(3)11-5-4-8-18-11/h4-10H,1-3H3,(H,14,15,16). The van der Waals surface area contributed by atoms with Crippen molar-refractivity contribution in [1.29, 1.82) is 0 Å². The lowest BCUT2D eigenvalue weighted by Gasteiger charge is -2.13. The lowest BCUT2D eigenvalue weighted by molar-refractivity contribution is 0.232. The van der Waals surface area contributed by atoms with E-state index in [1.165, 1.54) is 4.88 Å². The highest BCUT2D eigenvalue weighted by Gasteiger charge is 2.08. The van der Waals surface area contributed by atoms with Gasteiger partial charge < -0.3 is 10.1 Å². The van der Waals surface area contributed by atoms with Crippen molar-refractivity contribution in [1.82, 2.24) is 9.97 Å². The summed E-state index contributed by atoms with van der Waals surface area (Å²) >= 11 is 1.72. The first-order chi connectivity index (χ1) is 8.65. The van der Waals surface area contributed by atoms with E-state index < -0.39 is 0 Å². The number of anilines is 1. The van der Waals surface area contributed by atoms with E-state index in [0.29, 0.717) is 11.8 Å². The van der Waals surface area contributed by atoms with E-state index in [0.717, 1.165) is 0 Å². The fourth-order valence-corrected chi connectivity index (χ4v) is 2.26. The smallest absolute Gasteiger partial charge is 0.226 e. The van der Waals surface area contributed by atoms with Crippen molar-refractivity contribution < 1.29 is 4.74 Å². The van der Waals surface area contributed by atoms with Crippen LogP contribution in [-0.2, 0) is 0 Å². The van der Waals surface area contributed by atoms with Gasteiger partial charge in [-0.25, -0.2) is 4.98 Å². The molecule has 1 atom stereocenters. The van der Waals surface area contributed by atoms with E-state index in [1.54, 1.807) is 23.6 Å². The molecule has 0 saturated heterocycles. The first kappa shape index (κ1) is 12.8. The van der Waals surface area contributed by atoms with Crippen LogP contribution in [-0.4, -0.2) is 16.1 Å². The van der Waals surface area contributed by atoms with Crippen molar-refractivity contribution in [2.45, 2.75) is 32.9 Å². The Hall–Kier alpha value is -1.62. The van der Waals surface area contributed by atoms with E-state index in [9.17, 15) is 0 Å². The highest BCUT2D eigenvalue weighted by Crippen LogP contribution is 2.22. The maximum absolute atomic E-state index is 5.54. The van der Waals surface area contributed by atoms with Gasteiger partial charge in [-0.1, -0.05) is 6.07 Å². The molecule has 0 aliphatic rings. The summed E-state index contributed by atoms with van der Waals surface area (Å²) in [6.07, 6.45) is 1.82. The highest BCUT2D eigenvalue weighted by atomic mass is 32.1. The van der Waals surface area contributed by atoms with Gasteiger partial charge in [-0.2, -0.15) is 4.98 Å². The third-order valence-electron chi connectivity index (χ3n) is 2.30. The Bertz CT molecular complexity index is 485. The minimum absolute atomic E-state index is 0.113. The molecule has 4 nitrogen and oxygen atoms in total. The second kappa shape index (κ2) is 5.82. The van der Waals surface area contributed by atoms with Gasteiger partial charge in [-0.15, -0.1) is 11.3 Å². The molecule has 2 heterocycles. The number of nitrogens with one attached hydrogen (secondary N) is 1. The monoisotopic (exact) mass is 263 g/mol. The molecule has 2 aromatic heterocycles.